The molecule has 0 aromatic rings. The zero-order valence-electron chi connectivity index (χ0n) is 37.3. The van der Waals surface area contributed by atoms with Gasteiger partial charge in [-0.3, -0.25) is 4.89 Å². The van der Waals surface area contributed by atoms with Crippen molar-refractivity contribution < 1.29 is 164 Å². The van der Waals surface area contributed by atoms with E-state index in [-0.39, 0.29) is 0 Å². The maximum atomic E-state index is 11.8. The molecule has 0 bridgehead atoms. The van der Waals surface area contributed by atoms with Gasteiger partial charge in [0.1, 0.15) is 140 Å². The van der Waals surface area contributed by atoms with Crippen molar-refractivity contribution in [3.05, 3.63) is 0 Å². The predicted molar refractivity (Wildman–Crippen MR) is 210 cm³/mol. The third kappa shape index (κ3) is 12.4. The first-order valence-electron chi connectivity index (χ1n) is 22.2. The normalized spacial score (nSPS) is 50.9. The molecule has 0 spiro atoms. The number of rotatable bonds is 18. The Kier molecular flexibility index (Phi) is 20.9. The van der Waals surface area contributed by atoms with E-state index in [0.29, 0.717) is 0 Å². The Labute approximate surface area is 400 Å². The van der Waals surface area contributed by atoms with Crippen LogP contribution >= 0.6 is 0 Å². The fourth-order valence-corrected chi connectivity index (χ4v) is 8.73. The summed E-state index contributed by atoms with van der Waals surface area (Å²) >= 11 is 0. The van der Waals surface area contributed by atoms with Crippen molar-refractivity contribution in [2.75, 3.05) is 39.6 Å². The van der Waals surface area contributed by atoms with Crippen LogP contribution in [0.15, 0.2) is 0 Å². The van der Waals surface area contributed by atoms with E-state index in [1.54, 1.807) is 0 Å². The first kappa shape index (κ1) is 58.5. The van der Waals surface area contributed by atoms with Gasteiger partial charge in [0.25, 0.3) is 0 Å². The zero-order chi connectivity index (χ0) is 52.3. The predicted octanol–water partition coefficient (Wildman–Crippen LogP) is -13.6. The van der Waals surface area contributed by atoms with Gasteiger partial charge in [-0.1, -0.05) is 0 Å². The van der Waals surface area contributed by atoms with Crippen molar-refractivity contribution in [1.82, 2.24) is 0 Å². The van der Waals surface area contributed by atoms with Gasteiger partial charge in [-0.15, -0.1) is 0 Å². The maximum Gasteiger partial charge on any atom is 0.339 e. The second-order valence-electron chi connectivity index (χ2n) is 17.4. The molecular weight excluding hydrogens is 984 g/mol. The van der Waals surface area contributed by atoms with Gasteiger partial charge < -0.3 is 149 Å². The van der Waals surface area contributed by atoms with E-state index in [1.165, 1.54) is 0 Å². The van der Waals surface area contributed by atoms with E-state index in [2.05, 4.69) is 4.89 Å². The second-order valence-corrected chi connectivity index (χ2v) is 17.4. The lowest BCUT2D eigenvalue weighted by molar-refractivity contribution is -0.423. The van der Waals surface area contributed by atoms with E-state index < -0.39 is 230 Å². The lowest BCUT2D eigenvalue weighted by atomic mass is 9.95. The SMILES string of the molecule is CC(=O)OO[C@H]1[C@@H](O[C@H]2[C@H](O)[C@@H](O)[C@@H](O[C@H]3[C@H](O)[C@@H](O)[C@@H](O)O[C@@H]3CO)O[C@@H]2CO)O[C@H](CO)[C@@H](O[C@H]2O[C@H](CO)[C@@H](O[C@H]3O[C@H](CO)[C@@H](O[C@H]4O[C@H](CO)[C@@H](O)[C@H](O)[C@H]4O)[C@H](O)[C@H]3O)[C@H](O)[C@H]2O)[C@@H]1O. The highest BCUT2D eigenvalue weighted by Crippen LogP contribution is 2.37. The molecule has 0 radical (unpaired) electrons. The molecule has 0 unspecified atom stereocenters. The topological polar surface area (TPSA) is 521 Å². The summed E-state index contributed by atoms with van der Waals surface area (Å²) in [5.74, 6) is -1.11. The molecule has 33 nitrogen and oxygen atoms in total. The Hall–Kier alpha value is -1.77. The molecule has 0 amide bonds. The average Bonchev–Trinajstić information content (AvgIpc) is 3.35. The molecule has 19 N–H and O–H groups in total. The summed E-state index contributed by atoms with van der Waals surface area (Å²) in [5, 5.41) is 200. The van der Waals surface area contributed by atoms with Crippen LogP contribution in [0.3, 0.4) is 0 Å². The molecule has 33 heteroatoms. The summed E-state index contributed by atoms with van der Waals surface area (Å²) in [4.78, 5) is 21.6. The number of hydrogen-bond donors (Lipinski definition) is 19. The molecule has 30 atom stereocenters. The second kappa shape index (κ2) is 25.4. The molecule has 0 aliphatic carbocycles. The van der Waals surface area contributed by atoms with Gasteiger partial charge in [-0.2, -0.15) is 4.89 Å². The van der Waals surface area contributed by atoms with Crippen LogP contribution in [0.4, 0.5) is 0 Å². The van der Waals surface area contributed by atoms with Gasteiger partial charge >= 0.3 is 5.97 Å². The Morgan fingerprint density at radius 2 is 0.606 bits per heavy atom. The van der Waals surface area contributed by atoms with Crippen LogP contribution in [0, 0.1) is 0 Å². The minimum absolute atomic E-state index is 0.840. The standard InChI is InChI=1S/C38H64O33/c1-8(45)70-71-32-26(57)31(14(7-44)64-38(32)69-30-13(6-43)63-35(25(56)20(30)51)65-27-10(3-40)59-33(58)21(52)17(27)48)68-37-24(55)19(50)29(12(5-42)62-37)67-36-23(54)18(49)28(11(4-41)61-36)66-34-22(53)16(47)15(46)9(2-39)60-34/h9-44,46-58H,2-7H2,1H3/t9-,10-,11-,12-,13-,14-,15-,16+,17-,18-,19-,20-,21-,22-,23-,24-,25-,26+,27-,28-,29-,30-,31-,32-,33+,34-,35-,36-,37-,38-/m1/s1. The number of hydrogen-bond acceptors (Lipinski definition) is 33. The van der Waals surface area contributed by atoms with Gasteiger partial charge in [-0.25, -0.2) is 4.79 Å². The summed E-state index contributed by atoms with van der Waals surface area (Å²) in [6, 6.07) is 0. The molecule has 6 heterocycles. The van der Waals surface area contributed by atoms with Crippen molar-refractivity contribution >= 4 is 5.97 Å². The van der Waals surface area contributed by atoms with Gasteiger partial charge in [-0.05, 0) is 0 Å². The van der Waals surface area contributed by atoms with E-state index in [0.717, 1.165) is 6.92 Å². The van der Waals surface area contributed by atoms with Crippen molar-refractivity contribution in [2.24, 2.45) is 0 Å². The Morgan fingerprint density at radius 1 is 0.324 bits per heavy atom. The molecule has 6 aliphatic rings. The number of carbonyl (C=O) groups is 1. The zero-order valence-corrected chi connectivity index (χ0v) is 37.3. The maximum absolute atomic E-state index is 11.8. The highest BCUT2D eigenvalue weighted by molar-refractivity contribution is 5.65. The van der Waals surface area contributed by atoms with E-state index >= 15 is 0 Å². The summed E-state index contributed by atoms with van der Waals surface area (Å²) in [6.07, 6.45) is -57.4. The number of aliphatic hydroxyl groups excluding tert-OH is 19. The van der Waals surface area contributed by atoms with Crippen molar-refractivity contribution in [3.63, 3.8) is 0 Å². The van der Waals surface area contributed by atoms with Gasteiger partial charge in [0.15, 0.2) is 43.8 Å². The van der Waals surface area contributed by atoms with Crippen LogP contribution in [0.5, 0.6) is 0 Å². The fourth-order valence-electron chi connectivity index (χ4n) is 8.73. The van der Waals surface area contributed by atoms with Crippen LogP contribution in [-0.4, -0.2) is 327 Å². The molecule has 0 saturated carbocycles. The molecule has 0 aromatic carbocycles. The van der Waals surface area contributed by atoms with Crippen molar-refractivity contribution in [2.45, 2.75) is 191 Å². The molecule has 6 saturated heterocycles. The molecule has 6 aliphatic heterocycles. The molecule has 0 aromatic heterocycles. The lowest BCUT2D eigenvalue weighted by Crippen LogP contribution is -2.68. The highest BCUT2D eigenvalue weighted by Gasteiger charge is 2.58. The summed E-state index contributed by atoms with van der Waals surface area (Å²) in [5.41, 5.74) is 0. The molecular formula is C38H64O33. The third-order valence-corrected chi connectivity index (χ3v) is 12.7. The summed E-state index contributed by atoms with van der Waals surface area (Å²) in [7, 11) is 0. The van der Waals surface area contributed by atoms with Gasteiger partial charge in [0.05, 0.1) is 39.6 Å². The number of carbonyl (C=O) groups excluding carboxylic acids is 1. The van der Waals surface area contributed by atoms with Crippen LogP contribution in [0.2, 0.25) is 0 Å². The van der Waals surface area contributed by atoms with Crippen LogP contribution < -0.4 is 0 Å². The van der Waals surface area contributed by atoms with E-state index in [4.69, 9.17) is 57.0 Å². The van der Waals surface area contributed by atoms with Crippen LogP contribution in [-0.2, 0) is 66.7 Å². The molecule has 6 rings (SSSR count). The third-order valence-electron chi connectivity index (χ3n) is 12.7. The van der Waals surface area contributed by atoms with Crippen molar-refractivity contribution in [3.8, 4) is 0 Å². The molecule has 6 fully saturated rings. The van der Waals surface area contributed by atoms with Crippen molar-refractivity contribution in [1.29, 1.82) is 0 Å². The quantitative estimate of drug-likeness (QED) is 0.0448. The lowest BCUT2D eigenvalue weighted by Gasteiger charge is -2.50. The first-order valence-corrected chi connectivity index (χ1v) is 22.2. The average molecular weight is 1050 g/mol. The van der Waals surface area contributed by atoms with E-state index in [9.17, 15) is 102 Å². The number of aliphatic hydroxyl groups is 19. The summed E-state index contributed by atoms with van der Waals surface area (Å²) < 4.78 is 61.2. The van der Waals surface area contributed by atoms with Gasteiger partial charge in [0, 0.05) is 6.92 Å². The highest BCUT2D eigenvalue weighted by atomic mass is 17.2. The van der Waals surface area contributed by atoms with E-state index in [1.807, 2.05) is 0 Å². The Bertz CT molecular complexity index is 1630. The van der Waals surface area contributed by atoms with Gasteiger partial charge in [0.2, 0.25) is 0 Å². The summed E-state index contributed by atoms with van der Waals surface area (Å²) in [6.45, 7) is -4.96. The Balaban J connectivity index is 1.12. The molecule has 414 valence electrons. The molecule has 71 heavy (non-hydrogen) atoms. The van der Waals surface area contributed by atoms with Crippen LogP contribution in [0.1, 0.15) is 6.92 Å². The first-order chi connectivity index (χ1) is 33.7. The largest absolute Gasteiger partial charge is 0.394 e. The van der Waals surface area contributed by atoms with Crippen LogP contribution in [0.25, 0.3) is 0 Å². The Morgan fingerprint density at radius 3 is 0.958 bits per heavy atom. The fraction of sp³-hybridized carbons (Fsp3) is 0.974. The minimum Gasteiger partial charge on any atom is -0.394 e. The monoisotopic (exact) mass is 1050 g/mol. The minimum atomic E-state index is -2.23. The number of ether oxygens (including phenoxy) is 11. The smallest absolute Gasteiger partial charge is 0.339 e.